The fraction of sp³-hybridized carbons (Fsp3) is 0.706. The lowest BCUT2D eigenvalue weighted by Crippen LogP contribution is -2.36. The third kappa shape index (κ3) is 6.86. The highest BCUT2D eigenvalue weighted by Crippen LogP contribution is 2.59. The first kappa shape index (κ1) is 30.8. The molecule has 2 N–H and O–H groups in total. The normalized spacial score (nSPS) is 32.0. The van der Waals surface area contributed by atoms with Crippen molar-refractivity contribution in [2.75, 3.05) is 0 Å². The van der Waals surface area contributed by atoms with Gasteiger partial charge in [0, 0.05) is 6.42 Å². The Morgan fingerprint density at radius 3 is 2.45 bits per heavy atom. The maximum Gasteiger partial charge on any atom is 0.168 e. The first-order valence-corrected chi connectivity index (χ1v) is 15.1. The Morgan fingerprint density at radius 1 is 1.11 bits per heavy atom. The third-order valence-corrected chi connectivity index (χ3v) is 10.1. The molecule has 0 saturated heterocycles. The van der Waals surface area contributed by atoms with Crippen LogP contribution in [0.1, 0.15) is 112 Å². The van der Waals surface area contributed by atoms with Gasteiger partial charge in [0.15, 0.2) is 5.78 Å². The van der Waals surface area contributed by atoms with E-state index in [0.717, 1.165) is 56.9 Å². The van der Waals surface area contributed by atoms with Gasteiger partial charge in [0.05, 0.1) is 17.6 Å². The summed E-state index contributed by atoms with van der Waals surface area (Å²) in [6.45, 7) is 14.2. The van der Waals surface area contributed by atoms with E-state index in [0.29, 0.717) is 36.7 Å². The van der Waals surface area contributed by atoms with Gasteiger partial charge in [0.1, 0.15) is 5.78 Å². The highest BCUT2D eigenvalue weighted by atomic mass is 16.3. The standard InChI is InChI=1S/C34H52O4/c1-7-8-9-10-13-31(37)33(4,5)32(38)19-14-23(2)27-17-18-28-26(12-11-20-34(27,28)6)16-15-25-21-29(35)24(3)30(36)22-25/h14-16,19,23,27-30,35-36H,3,7-13,17-18,20-22H2,1-2,4-6H3/b19-14+,26-16+/t23-,27+,28-,29+,30+,34+/m0/s1. The number of fused-ring (bicyclic) bond motifs is 1. The largest absolute Gasteiger partial charge is 0.388 e. The quantitative estimate of drug-likeness (QED) is 0.127. The summed E-state index contributed by atoms with van der Waals surface area (Å²) in [6.07, 6.45) is 18.4. The number of hydrogen-bond donors (Lipinski definition) is 2. The molecule has 4 nitrogen and oxygen atoms in total. The summed E-state index contributed by atoms with van der Waals surface area (Å²) in [4.78, 5) is 25.8. The molecule has 3 aliphatic rings. The molecule has 0 aliphatic heterocycles. The van der Waals surface area contributed by atoms with Crippen LogP contribution in [0.15, 0.2) is 47.6 Å². The molecule has 3 aliphatic carbocycles. The van der Waals surface area contributed by atoms with Gasteiger partial charge in [-0.3, -0.25) is 9.59 Å². The van der Waals surface area contributed by atoms with Crippen LogP contribution in [0.2, 0.25) is 0 Å². The minimum absolute atomic E-state index is 0.0577. The molecular formula is C34H52O4. The van der Waals surface area contributed by atoms with Crippen LogP contribution in [0.3, 0.4) is 0 Å². The summed E-state index contributed by atoms with van der Waals surface area (Å²) in [6, 6.07) is 0. The number of carbonyl (C=O) groups is 2. The van der Waals surface area contributed by atoms with Gasteiger partial charge in [0.25, 0.3) is 0 Å². The summed E-state index contributed by atoms with van der Waals surface area (Å²) >= 11 is 0. The van der Waals surface area contributed by atoms with Crippen molar-refractivity contribution in [3.8, 4) is 0 Å². The van der Waals surface area contributed by atoms with Gasteiger partial charge in [-0.05, 0) is 100 Å². The van der Waals surface area contributed by atoms with Gasteiger partial charge in [-0.1, -0.05) is 76.0 Å². The minimum atomic E-state index is -0.953. The van der Waals surface area contributed by atoms with Crippen molar-refractivity contribution in [3.05, 3.63) is 47.6 Å². The molecule has 0 spiro atoms. The molecule has 3 saturated carbocycles. The zero-order chi connectivity index (χ0) is 28.1. The highest BCUT2D eigenvalue weighted by molar-refractivity contribution is 6.10. The van der Waals surface area contributed by atoms with Crippen LogP contribution in [0.5, 0.6) is 0 Å². The van der Waals surface area contributed by atoms with E-state index < -0.39 is 17.6 Å². The van der Waals surface area contributed by atoms with Gasteiger partial charge >= 0.3 is 0 Å². The number of aliphatic hydroxyl groups is 2. The zero-order valence-corrected chi connectivity index (χ0v) is 24.6. The first-order valence-electron chi connectivity index (χ1n) is 15.1. The van der Waals surface area contributed by atoms with E-state index in [1.54, 1.807) is 19.9 Å². The molecule has 4 heteroatoms. The van der Waals surface area contributed by atoms with E-state index in [2.05, 4.69) is 45.6 Å². The lowest BCUT2D eigenvalue weighted by atomic mass is 9.61. The lowest BCUT2D eigenvalue weighted by Gasteiger charge is -2.44. The second-order valence-electron chi connectivity index (χ2n) is 13.1. The van der Waals surface area contributed by atoms with E-state index in [9.17, 15) is 19.8 Å². The van der Waals surface area contributed by atoms with E-state index in [-0.39, 0.29) is 22.9 Å². The molecule has 6 atom stereocenters. The number of carbonyl (C=O) groups excluding carboxylic acids is 2. The second-order valence-corrected chi connectivity index (χ2v) is 13.1. The topological polar surface area (TPSA) is 74.6 Å². The van der Waals surface area contributed by atoms with Crippen LogP contribution < -0.4 is 0 Å². The summed E-state index contributed by atoms with van der Waals surface area (Å²) in [5, 5.41) is 20.4. The predicted molar refractivity (Wildman–Crippen MR) is 156 cm³/mol. The fourth-order valence-electron chi connectivity index (χ4n) is 7.31. The van der Waals surface area contributed by atoms with Gasteiger partial charge < -0.3 is 10.2 Å². The van der Waals surface area contributed by atoms with Gasteiger partial charge in [-0.15, -0.1) is 0 Å². The summed E-state index contributed by atoms with van der Waals surface area (Å²) in [7, 11) is 0. The van der Waals surface area contributed by atoms with Gasteiger partial charge in [-0.2, -0.15) is 0 Å². The molecule has 0 radical (unpaired) electrons. The molecule has 0 aromatic rings. The number of rotatable bonds is 11. The molecule has 0 aromatic heterocycles. The summed E-state index contributed by atoms with van der Waals surface area (Å²) in [5.74, 6) is 1.29. The Morgan fingerprint density at radius 2 is 1.79 bits per heavy atom. The van der Waals surface area contributed by atoms with E-state index in [4.69, 9.17) is 0 Å². The Kier molecular flexibility index (Phi) is 10.6. The molecule has 0 amide bonds. The van der Waals surface area contributed by atoms with Crippen LogP contribution in [0, 0.1) is 28.6 Å². The van der Waals surface area contributed by atoms with Crippen molar-refractivity contribution in [1.29, 1.82) is 0 Å². The van der Waals surface area contributed by atoms with Gasteiger partial charge in [-0.25, -0.2) is 0 Å². The van der Waals surface area contributed by atoms with E-state index in [1.165, 1.54) is 12.0 Å². The monoisotopic (exact) mass is 524 g/mol. The smallest absolute Gasteiger partial charge is 0.168 e. The van der Waals surface area contributed by atoms with Crippen molar-refractivity contribution in [1.82, 2.24) is 0 Å². The number of aliphatic hydroxyl groups excluding tert-OH is 2. The maximum absolute atomic E-state index is 13.1. The lowest BCUT2D eigenvalue weighted by molar-refractivity contribution is -0.136. The Bertz CT molecular complexity index is 951. The van der Waals surface area contributed by atoms with Crippen molar-refractivity contribution in [3.63, 3.8) is 0 Å². The molecule has 3 rings (SSSR count). The Labute approximate surface area is 231 Å². The Balaban J connectivity index is 1.65. The SMILES string of the molecule is C=C1[C@H](O)CC(=C/C=C2\CCC[C@]3(C)[C@@H]([C@@H](C)/C=C/C(=O)C(C)(C)C(=O)CCCCCC)CC[C@@H]23)C[C@H]1O. The molecular weight excluding hydrogens is 472 g/mol. The molecule has 212 valence electrons. The molecule has 38 heavy (non-hydrogen) atoms. The van der Waals surface area contributed by atoms with E-state index >= 15 is 0 Å². The highest BCUT2D eigenvalue weighted by Gasteiger charge is 2.50. The van der Waals surface area contributed by atoms with Crippen molar-refractivity contribution in [2.24, 2.45) is 28.6 Å². The molecule has 0 bridgehead atoms. The summed E-state index contributed by atoms with van der Waals surface area (Å²) < 4.78 is 0. The second kappa shape index (κ2) is 13.0. The first-order chi connectivity index (χ1) is 17.9. The van der Waals surface area contributed by atoms with Crippen LogP contribution in [-0.4, -0.2) is 34.0 Å². The predicted octanol–water partition coefficient (Wildman–Crippen LogP) is 7.45. The van der Waals surface area contributed by atoms with Crippen LogP contribution in [-0.2, 0) is 9.59 Å². The Hall–Kier alpha value is -1.78. The number of allylic oxidation sites excluding steroid dienone is 5. The molecule has 0 heterocycles. The van der Waals surface area contributed by atoms with Crippen molar-refractivity contribution < 1.29 is 19.8 Å². The third-order valence-electron chi connectivity index (χ3n) is 10.1. The van der Waals surface area contributed by atoms with Crippen molar-refractivity contribution in [2.45, 2.75) is 124 Å². The number of hydrogen-bond acceptors (Lipinski definition) is 4. The number of ketones is 2. The van der Waals surface area contributed by atoms with E-state index in [1.807, 2.05) is 0 Å². The van der Waals surface area contributed by atoms with Crippen LogP contribution in [0.4, 0.5) is 0 Å². The molecule has 0 unspecified atom stereocenters. The van der Waals surface area contributed by atoms with Crippen molar-refractivity contribution >= 4 is 11.6 Å². The van der Waals surface area contributed by atoms with Crippen LogP contribution >= 0.6 is 0 Å². The maximum atomic E-state index is 13.1. The molecule has 3 fully saturated rings. The number of Topliss-reactive ketones (excluding diaryl/α,β-unsaturated/α-hetero) is 1. The average molecular weight is 525 g/mol. The molecule has 0 aromatic carbocycles. The minimum Gasteiger partial charge on any atom is -0.388 e. The summed E-state index contributed by atoms with van der Waals surface area (Å²) in [5.41, 5.74) is 2.35. The average Bonchev–Trinajstić information content (AvgIpc) is 3.24. The zero-order valence-electron chi connectivity index (χ0n) is 24.6. The fourth-order valence-corrected chi connectivity index (χ4v) is 7.31. The van der Waals surface area contributed by atoms with Crippen LogP contribution in [0.25, 0.3) is 0 Å². The van der Waals surface area contributed by atoms with Gasteiger partial charge in [0.2, 0.25) is 0 Å². The number of unbranched alkanes of at least 4 members (excludes halogenated alkanes) is 3.